The molecule has 0 aromatic heterocycles. The second-order valence-electron chi connectivity index (χ2n) is 3.42. The molecule has 0 aliphatic rings. The summed E-state index contributed by atoms with van der Waals surface area (Å²) in [5, 5.41) is 8.70. The summed E-state index contributed by atoms with van der Waals surface area (Å²) in [7, 11) is 0. The maximum atomic E-state index is 12.6. The Morgan fingerprint density at radius 1 is 1.41 bits per heavy atom. The van der Waals surface area contributed by atoms with E-state index in [9.17, 15) is 18.0 Å². The Labute approximate surface area is 96.1 Å². The maximum Gasteiger partial charge on any atom is 0.416 e. The zero-order valence-electron chi connectivity index (χ0n) is 8.66. The molecule has 0 fully saturated rings. The Morgan fingerprint density at radius 3 is 2.47 bits per heavy atom. The number of alkyl halides is 3. The number of halogens is 3. The Morgan fingerprint density at radius 2 is 2.00 bits per heavy atom. The van der Waals surface area contributed by atoms with Gasteiger partial charge in [0, 0.05) is 0 Å². The molecule has 0 aliphatic heterocycles. The third kappa shape index (κ3) is 3.25. The van der Waals surface area contributed by atoms with Crippen LogP contribution in [0.4, 0.5) is 13.2 Å². The van der Waals surface area contributed by atoms with Crippen molar-refractivity contribution in [2.45, 2.75) is 12.6 Å². The van der Waals surface area contributed by atoms with Crippen LogP contribution < -0.4 is 0 Å². The summed E-state index contributed by atoms with van der Waals surface area (Å²) in [4.78, 5) is 10.7. The first-order valence-electron chi connectivity index (χ1n) is 4.70. The van der Waals surface area contributed by atoms with Crippen LogP contribution in [0.3, 0.4) is 0 Å². The molecule has 0 bridgehead atoms. The Bertz CT molecular complexity index is 458. The molecular formula is C12H9F3O2. The Balaban J connectivity index is 3.08. The van der Waals surface area contributed by atoms with Gasteiger partial charge in [-0.15, -0.1) is 6.42 Å². The monoisotopic (exact) mass is 242 g/mol. The summed E-state index contributed by atoms with van der Waals surface area (Å²) >= 11 is 0. The lowest BCUT2D eigenvalue weighted by Crippen LogP contribution is -2.17. The SMILES string of the molecule is C#CC(Cc1ccccc1C(F)(F)F)C(=O)O. The second-order valence-corrected chi connectivity index (χ2v) is 3.42. The Hall–Kier alpha value is -1.96. The van der Waals surface area contributed by atoms with Crippen molar-refractivity contribution in [1.82, 2.24) is 0 Å². The summed E-state index contributed by atoms with van der Waals surface area (Å²) < 4.78 is 37.8. The minimum absolute atomic E-state index is 0.106. The van der Waals surface area contributed by atoms with Gasteiger partial charge in [0.25, 0.3) is 0 Å². The molecule has 0 saturated heterocycles. The van der Waals surface area contributed by atoms with Crippen LogP contribution in [0.2, 0.25) is 0 Å². The van der Waals surface area contributed by atoms with E-state index in [4.69, 9.17) is 11.5 Å². The molecular weight excluding hydrogens is 233 g/mol. The number of carboxylic acids is 1. The molecule has 1 rings (SSSR count). The number of carboxylic acid groups (broad SMARTS) is 1. The first kappa shape index (κ1) is 13.1. The van der Waals surface area contributed by atoms with Crippen LogP contribution in [0.25, 0.3) is 0 Å². The molecule has 0 heterocycles. The van der Waals surface area contributed by atoms with Gasteiger partial charge in [0.2, 0.25) is 0 Å². The fraction of sp³-hybridized carbons (Fsp3) is 0.250. The number of rotatable bonds is 3. The van der Waals surface area contributed by atoms with Crippen LogP contribution in [0.15, 0.2) is 24.3 Å². The van der Waals surface area contributed by atoms with E-state index in [0.29, 0.717) is 0 Å². The van der Waals surface area contributed by atoms with Gasteiger partial charge in [-0.3, -0.25) is 4.79 Å². The predicted octanol–water partition coefficient (Wildman–Crippen LogP) is 2.58. The van der Waals surface area contributed by atoms with E-state index in [-0.39, 0.29) is 12.0 Å². The van der Waals surface area contributed by atoms with Crippen LogP contribution >= 0.6 is 0 Å². The zero-order valence-corrected chi connectivity index (χ0v) is 8.66. The van der Waals surface area contributed by atoms with Gasteiger partial charge in [-0.25, -0.2) is 0 Å². The largest absolute Gasteiger partial charge is 0.480 e. The third-order valence-electron chi connectivity index (χ3n) is 2.25. The van der Waals surface area contributed by atoms with Gasteiger partial charge < -0.3 is 5.11 Å². The highest BCUT2D eigenvalue weighted by Crippen LogP contribution is 2.32. The van der Waals surface area contributed by atoms with Crippen molar-refractivity contribution in [3.63, 3.8) is 0 Å². The van der Waals surface area contributed by atoms with Gasteiger partial charge in [0.05, 0.1) is 5.56 Å². The summed E-state index contributed by atoms with van der Waals surface area (Å²) in [6.07, 6.45) is 0.131. The van der Waals surface area contributed by atoms with Crippen molar-refractivity contribution in [1.29, 1.82) is 0 Å². The molecule has 1 aromatic carbocycles. The molecule has 1 N–H and O–H groups in total. The first-order valence-corrected chi connectivity index (χ1v) is 4.70. The summed E-state index contributed by atoms with van der Waals surface area (Å²) in [5.74, 6) is -0.591. The number of hydrogen-bond donors (Lipinski definition) is 1. The van der Waals surface area contributed by atoms with Crippen molar-refractivity contribution in [2.75, 3.05) is 0 Å². The van der Waals surface area contributed by atoms with E-state index in [1.807, 2.05) is 5.92 Å². The van der Waals surface area contributed by atoms with Gasteiger partial charge in [0.15, 0.2) is 0 Å². The van der Waals surface area contributed by atoms with E-state index in [1.54, 1.807) is 0 Å². The molecule has 0 spiro atoms. The number of carbonyl (C=O) groups is 1. The summed E-state index contributed by atoms with van der Waals surface area (Å²) in [6, 6.07) is 4.80. The highest BCUT2D eigenvalue weighted by atomic mass is 19.4. The Kier molecular flexibility index (Phi) is 3.79. The van der Waals surface area contributed by atoms with Crippen molar-refractivity contribution >= 4 is 5.97 Å². The molecule has 1 atom stereocenters. The average Bonchev–Trinajstić information content (AvgIpc) is 2.24. The van der Waals surface area contributed by atoms with Gasteiger partial charge >= 0.3 is 12.1 Å². The normalized spacial score (nSPS) is 12.8. The van der Waals surface area contributed by atoms with Crippen molar-refractivity contribution < 1.29 is 23.1 Å². The van der Waals surface area contributed by atoms with Crippen LogP contribution in [-0.4, -0.2) is 11.1 Å². The molecule has 5 heteroatoms. The maximum absolute atomic E-state index is 12.6. The van der Waals surface area contributed by atoms with Crippen LogP contribution in [-0.2, 0) is 17.4 Å². The van der Waals surface area contributed by atoms with E-state index in [1.165, 1.54) is 18.2 Å². The quantitative estimate of drug-likeness (QED) is 0.827. The fourth-order valence-electron chi connectivity index (χ4n) is 1.41. The van der Waals surface area contributed by atoms with Gasteiger partial charge in [-0.1, -0.05) is 24.1 Å². The first-order chi connectivity index (χ1) is 7.86. The topological polar surface area (TPSA) is 37.3 Å². The van der Waals surface area contributed by atoms with Crippen molar-refractivity contribution in [2.24, 2.45) is 5.92 Å². The molecule has 90 valence electrons. The molecule has 17 heavy (non-hydrogen) atoms. The van der Waals surface area contributed by atoms with Crippen LogP contribution in [0.1, 0.15) is 11.1 Å². The smallest absolute Gasteiger partial charge is 0.416 e. The van der Waals surface area contributed by atoms with Crippen molar-refractivity contribution in [3.05, 3.63) is 35.4 Å². The minimum atomic E-state index is -4.51. The highest BCUT2D eigenvalue weighted by molar-refractivity contribution is 5.73. The van der Waals surface area contributed by atoms with Gasteiger partial charge in [-0.2, -0.15) is 13.2 Å². The van der Waals surface area contributed by atoms with E-state index in [0.717, 1.165) is 6.07 Å². The third-order valence-corrected chi connectivity index (χ3v) is 2.25. The predicted molar refractivity (Wildman–Crippen MR) is 55.1 cm³/mol. The number of hydrogen-bond acceptors (Lipinski definition) is 1. The van der Waals surface area contributed by atoms with Crippen LogP contribution in [0, 0.1) is 18.3 Å². The summed E-state index contributed by atoms with van der Waals surface area (Å²) in [5.41, 5.74) is -0.952. The zero-order chi connectivity index (χ0) is 13.1. The fourth-order valence-corrected chi connectivity index (χ4v) is 1.41. The highest BCUT2D eigenvalue weighted by Gasteiger charge is 2.33. The molecule has 1 unspecified atom stereocenters. The van der Waals surface area contributed by atoms with E-state index in [2.05, 4.69) is 0 Å². The summed E-state index contributed by atoms with van der Waals surface area (Å²) in [6.45, 7) is 0. The average molecular weight is 242 g/mol. The van der Waals surface area contributed by atoms with E-state index < -0.39 is 23.6 Å². The number of terminal acetylenes is 1. The molecule has 0 aliphatic carbocycles. The molecule has 0 radical (unpaired) electrons. The molecule has 2 nitrogen and oxygen atoms in total. The number of benzene rings is 1. The molecule has 0 amide bonds. The van der Waals surface area contributed by atoms with Crippen LogP contribution in [0.5, 0.6) is 0 Å². The molecule has 0 saturated carbocycles. The van der Waals surface area contributed by atoms with Gasteiger partial charge in [-0.05, 0) is 18.1 Å². The lowest BCUT2D eigenvalue weighted by molar-refractivity contribution is -0.141. The second kappa shape index (κ2) is 4.91. The van der Waals surface area contributed by atoms with E-state index >= 15 is 0 Å². The molecule has 1 aromatic rings. The number of aliphatic carboxylic acids is 1. The lowest BCUT2D eigenvalue weighted by atomic mass is 9.96. The minimum Gasteiger partial charge on any atom is -0.480 e. The standard InChI is InChI=1S/C12H9F3O2/c1-2-8(11(16)17)7-9-5-3-4-6-10(9)12(13,14)15/h1,3-6,8H,7H2,(H,16,17). The lowest BCUT2D eigenvalue weighted by Gasteiger charge is -2.13. The van der Waals surface area contributed by atoms with Gasteiger partial charge in [0.1, 0.15) is 5.92 Å². The van der Waals surface area contributed by atoms with Crippen molar-refractivity contribution in [3.8, 4) is 12.3 Å².